The summed E-state index contributed by atoms with van der Waals surface area (Å²) in [6.45, 7) is 8.66. The van der Waals surface area contributed by atoms with Crippen molar-refractivity contribution in [3.63, 3.8) is 0 Å². The third-order valence-corrected chi connectivity index (χ3v) is 6.01. The van der Waals surface area contributed by atoms with Gasteiger partial charge in [0.15, 0.2) is 0 Å². The van der Waals surface area contributed by atoms with Crippen molar-refractivity contribution in [3.8, 4) is 5.75 Å². The number of aromatic amines is 1. The van der Waals surface area contributed by atoms with E-state index in [1.54, 1.807) is 12.0 Å². The molecule has 2 N–H and O–H groups in total. The minimum absolute atomic E-state index is 0.0405. The minimum atomic E-state index is -0.833. The van der Waals surface area contributed by atoms with Crippen LogP contribution in [0.3, 0.4) is 0 Å². The lowest BCUT2D eigenvalue weighted by Crippen LogP contribution is -2.59. The van der Waals surface area contributed by atoms with Crippen LogP contribution in [0.5, 0.6) is 5.75 Å². The molecule has 1 aromatic carbocycles. The Balaban J connectivity index is 1.90. The van der Waals surface area contributed by atoms with Crippen LogP contribution in [-0.4, -0.2) is 58.3 Å². The predicted molar refractivity (Wildman–Crippen MR) is 101 cm³/mol. The zero-order chi connectivity index (χ0) is 18.7. The van der Waals surface area contributed by atoms with E-state index in [0.717, 1.165) is 30.7 Å². The van der Waals surface area contributed by atoms with Crippen LogP contribution in [0.25, 0.3) is 10.9 Å². The van der Waals surface area contributed by atoms with Gasteiger partial charge < -0.3 is 19.7 Å². The van der Waals surface area contributed by atoms with Gasteiger partial charge in [0.25, 0.3) is 0 Å². The quantitative estimate of drug-likeness (QED) is 0.821. The monoisotopic (exact) mass is 357 g/mol. The molecular formula is C20H27N3O3. The molecule has 1 amide bonds. The molecule has 3 heterocycles. The third kappa shape index (κ3) is 2.39. The maximum Gasteiger partial charge on any atom is 0.407 e. The number of nitrogens with one attached hydrogen (secondary N) is 1. The van der Waals surface area contributed by atoms with E-state index < -0.39 is 6.09 Å². The Morgan fingerprint density at radius 2 is 2.08 bits per heavy atom. The van der Waals surface area contributed by atoms with E-state index in [-0.39, 0.29) is 11.1 Å². The Bertz CT molecular complexity index is 867. The zero-order valence-corrected chi connectivity index (χ0v) is 15.9. The van der Waals surface area contributed by atoms with Crippen LogP contribution in [0.2, 0.25) is 0 Å². The first-order valence-electron chi connectivity index (χ1n) is 9.21. The van der Waals surface area contributed by atoms with Crippen molar-refractivity contribution in [2.75, 3.05) is 26.7 Å². The Labute approximate surface area is 153 Å². The lowest BCUT2D eigenvalue weighted by molar-refractivity contribution is -0.00376. The van der Waals surface area contributed by atoms with Gasteiger partial charge in [-0.2, -0.15) is 0 Å². The number of methoxy groups -OCH3 is 1. The van der Waals surface area contributed by atoms with Gasteiger partial charge in [0.1, 0.15) is 5.75 Å². The van der Waals surface area contributed by atoms with Crippen molar-refractivity contribution in [2.24, 2.45) is 0 Å². The van der Waals surface area contributed by atoms with Gasteiger partial charge in [-0.15, -0.1) is 0 Å². The summed E-state index contributed by atoms with van der Waals surface area (Å²) >= 11 is 0. The molecule has 1 saturated heterocycles. The third-order valence-electron chi connectivity index (χ3n) is 6.01. The molecule has 1 atom stereocenters. The van der Waals surface area contributed by atoms with Crippen LogP contribution in [0.15, 0.2) is 18.2 Å². The van der Waals surface area contributed by atoms with Gasteiger partial charge in [-0.05, 0) is 57.4 Å². The van der Waals surface area contributed by atoms with E-state index in [4.69, 9.17) is 4.74 Å². The lowest BCUT2D eigenvalue weighted by atomic mass is 9.80. The van der Waals surface area contributed by atoms with Gasteiger partial charge in [-0.1, -0.05) is 0 Å². The number of nitrogens with zero attached hydrogens (tertiary/aromatic N) is 2. The molecule has 6 heteroatoms. The largest absolute Gasteiger partial charge is 0.497 e. The van der Waals surface area contributed by atoms with Crippen molar-refractivity contribution in [2.45, 2.75) is 44.7 Å². The van der Waals surface area contributed by atoms with E-state index in [0.29, 0.717) is 13.1 Å². The summed E-state index contributed by atoms with van der Waals surface area (Å²) in [5.41, 5.74) is 3.26. The second kappa shape index (κ2) is 5.64. The summed E-state index contributed by atoms with van der Waals surface area (Å²) in [4.78, 5) is 19.3. The van der Waals surface area contributed by atoms with Gasteiger partial charge >= 0.3 is 6.09 Å². The van der Waals surface area contributed by atoms with Gasteiger partial charge in [0.2, 0.25) is 0 Å². The van der Waals surface area contributed by atoms with E-state index in [2.05, 4.69) is 42.8 Å². The number of benzene rings is 1. The van der Waals surface area contributed by atoms with Crippen LogP contribution < -0.4 is 4.74 Å². The Morgan fingerprint density at radius 1 is 1.31 bits per heavy atom. The Kier molecular flexibility index (Phi) is 3.74. The fraction of sp³-hybridized carbons (Fsp3) is 0.550. The number of likely N-dealkylation sites (tertiary alicyclic amines) is 1. The maximum atomic E-state index is 11.6. The van der Waals surface area contributed by atoms with Gasteiger partial charge in [0, 0.05) is 41.8 Å². The highest BCUT2D eigenvalue weighted by Crippen LogP contribution is 2.47. The molecule has 0 radical (unpaired) electrons. The normalized spacial score (nSPS) is 23.6. The van der Waals surface area contributed by atoms with Gasteiger partial charge in [0.05, 0.1) is 12.6 Å². The van der Waals surface area contributed by atoms with Crippen LogP contribution in [-0.2, 0) is 12.0 Å². The molecule has 1 aromatic heterocycles. The fourth-order valence-corrected chi connectivity index (χ4v) is 4.94. The molecule has 4 rings (SSSR count). The highest BCUT2D eigenvalue weighted by atomic mass is 16.5. The molecule has 140 valence electrons. The number of hydrogen-bond donors (Lipinski definition) is 2. The van der Waals surface area contributed by atoms with Crippen molar-refractivity contribution in [1.29, 1.82) is 0 Å². The summed E-state index contributed by atoms with van der Waals surface area (Å²) in [5.74, 6) is 0.852. The van der Waals surface area contributed by atoms with Gasteiger partial charge in [-0.3, -0.25) is 4.90 Å². The van der Waals surface area contributed by atoms with Crippen molar-refractivity contribution < 1.29 is 14.6 Å². The van der Waals surface area contributed by atoms with Crippen molar-refractivity contribution in [1.82, 2.24) is 14.8 Å². The molecule has 1 fully saturated rings. The molecule has 0 bridgehead atoms. The maximum absolute atomic E-state index is 11.6. The van der Waals surface area contributed by atoms with Crippen LogP contribution in [0.1, 0.15) is 38.4 Å². The molecule has 0 aliphatic carbocycles. The SMILES string of the molecule is COc1ccc2[nH]c3c(c2c1)CCN(C(C)(C)C)C31CCN(C(=O)O)C1. The van der Waals surface area contributed by atoms with E-state index in [9.17, 15) is 9.90 Å². The summed E-state index contributed by atoms with van der Waals surface area (Å²) in [7, 11) is 1.69. The van der Waals surface area contributed by atoms with Crippen molar-refractivity contribution in [3.05, 3.63) is 29.5 Å². The molecule has 6 nitrogen and oxygen atoms in total. The molecule has 1 spiro atoms. The number of rotatable bonds is 1. The standard InChI is InChI=1S/C20H27N3O3/c1-19(2,3)23-9-7-14-15-11-13(26-4)5-6-16(15)21-17(14)20(23)8-10-22(12-20)18(24)25/h5-6,11,21H,7-10,12H2,1-4H3,(H,24,25). The zero-order valence-electron chi connectivity index (χ0n) is 15.9. The number of amides is 1. The summed E-state index contributed by atoms with van der Waals surface area (Å²) in [6.07, 6.45) is 0.933. The lowest BCUT2D eigenvalue weighted by Gasteiger charge is -2.51. The Morgan fingerprint density at radius 3 is 2.69 bits per heavy atom. The number of aromatic nitrogens is 1. The number of hydrogen-bond acceptors (Lipinski definition) is 3. The predicted octanol–water partition coefficient (Wildman–Crippen LogP) is 3.41. The van der Waals surface area contributed by atoms with E-state index in [1.165, 1.54) is 16.6 Å². The fourth-order valence-electron chi connectivity index (χ4n) is 4.94. The van der Waals surface area contributed by atoms with Crippen LogP contribution in [0.4, 0.5) is 4.79 Å². The van der Waals surface area contributed by atoms with E-state index in [1.807, 2.05) is 6.07 Å². The second-order valence-electron chi connectivity index (χ2n) is 8.45. The average molecular weight is 357 g/mol. The second-order valence-corrected chi connectivity index (χ2v) is 8.45. The molecule has 2 aliphatic heterocycles. The molecule has 2 aromatic rings. The van der Waals surface area contributed by atoms with Gasteiger partial charge in [-0.25, -0.2) is 4.79 Å². The number of carboxylic acid groups (broad SMARTS) is 1. The first kappa shape index (κ1) is 17.2. The highest BCUT2D eigenvalue weighted by Gasteiger charge is 2.53. The highest BCUT2D eigenvalue weighted by molar-refractivity contribution is 5.87. The van der Waals surface area contributed by atoms with Crippen LogP contribution >= 0.6 is 0 Å². The minimum Gasteiger partial charge on any atom is -0.497 e. The first-order chi connectivity index (χ1) is 12.3. The van der Waals surface area contributed by atoms with Crippen molar-refractivity contribution >= 4 is 17.0 Å². The van der Waals surface area contributed by atoms with Crippen LogP contribution in [0, 0.1) is 0 Å². The topological polar surface area (TPSA) is 68.8 Å². The summed E-state index contributed by atoms with van der Waals surface area (Å²) < 4.78 is 5.41. The van der Waals surface area contributed by atoms with E-state index >= 15 is 0 Å². The average Bonchev–Trinajstić information content (AvgIpc) is 3.17. The molecular weight excluding hydrogens is 330 g/mol. The molecule has 2 aliphatic rings. The summed E-state index contributed by atoms with van der Waals surface area (Å²) in [6, 6.07) is 6.12. The molecule has 26 heavy (non-hydrogen) atoms. The first-order valence-corrected chi connectivity index (χ1v) is 9.21. The molecule has 1 unspecified atom stereocenters. The molecule has 0 saturated carbocycles. The number of carbonyl (C=O) groups is 1. The smallest absolute Gasteiger partial charge is 0.407 e. The number of fused-ring (bicyclic) bond motifs is 4. The summed E-state index contributed by atoms with van der Waals surface area (Å²) in [5, 5.41) is 10.7. The number of H-pyrrole nitrogens is 1. The Hall–Kier alpha value is -2.21. The number of ether oxygens (including phenoxy) is 1.